The molecule has 0 saturated heterocycles. The van der Waals surface area contributed by atoms with E-state index in [4.69, 9.17) is 25.8 Å². The van der Waals surface area contributed by atoms with E-state index < -0.39 is 17.9 Å². The standard InChI is InChI=1S/C25H22ClNO6/c1-4-32-19(28)12-33-18-10-9-14(11-17(18)26)21-20(25(30)31-3)13(2)27-23-15-7-5-6-8-16(15)24(29)22(21)23/h5-11,21,27H,4,12H2,1-3H3/t21-/m1/s1. The molecule has 2 aromatic rings. The van der Waals surface area contributed by atoms with E-state index in [-0.39, 0.29) is 29.8 Å². The Bertz CT molecular complexity index is 1230. The topological polar surface area (TPSA) is 90.9 Å². The smallest absolute Gasteiger partial charge is 0.344 e. The van der Waals surface area contributed by atoms with Crippen LogP contribution in [0.3, 0.4) is 0 Å². The first-order chi connectivity index (χ1) is 15.9. The van der Waals surface area contributed by atoms with Crippen molar-refractivity contribution < 1.29 is 28.6 Å². The molecule has 1 N–H and O–H groups in total. The number of dihydropyridines is 1. The van der Waals surface area contributed by atoms with Crippen molar-refractivity contribution in [2.24, 2.45) is 0 Å². The molecule has 0 radical (unpaired) electrons. The van der Waals surface area contributed by atoms with Crippen LogP contribution < -0.4 is 10.1 Å². The number of fused-ring (bicyclic) bond motifs is 2. The normalized spacial score (nSPS) is 16.7. The molecule has 8 heteroatoms. The van der Waals surface area contributed by atoms with E-state index in [1.165, 1.54) is 7.11 Å². The minimum atomic E-state index is -0.690. The third-order valence-electron chi connectivity index (χ3n) is 5.59. The molecule has 0 fully saturated rings. The summed E-state index contributed by atoms with van der Waals surface area (Å²) < 4.78 is 15.4. The number of carbonyl (C=O) groups is 3. The number of hydrogen-bond donors (Lipinski definition) is 1. The molecule has 0 amide bonds. The third kappa shape index (κ3) is 4.00. The lowest BCUT2D eigenvalue weighted by Gasteiger charge is -2.29. The first-order valence-electron chi connectivity index (χ1n) is 10.4. The average molecular weight is 468 g/mol. The summed E-state index contributed by atoms with van der Waals surface area (Å²) in [5.74, 6) is -1.61. The Kier molecular flexibility index (Phi) is 6.24. The predicted octanol–water partition coefficient (Wildman–Crippen LogP) is 4.02. The van der Waals surface area contributed by atoms with Gasteiger partial charge >= 0.3 is 11.9 Å². The average Bonchev–Trinajstić information content (AvgIpc) is 3.09. The zero-order valence-corrected chi connectivity index (χ0v) is 19.1. The third-order valence-corrected chi connectivity index (χ3v) is 5.89. The van der Waals surface area contributed by atoms with Gasteiger partial charge in [-0.2, -0.15) is 0 Å². The van der Waals surface area contributed by atoms with Gasteiger partial charge in [0.15, 0.2) is 12.4 Å². The van der Waals surface area contributed by atoms with E-state index in [1.54, 1.807) is 44.2 Å². The fourth-order valence-electron chi connectivity index (χ4n) is 4.20. The number of ketones is 1. The quantitative estimate of drug-likeness (QED) is 0.641. The number of esters is 2. The minimum Gasteiger partial charge on any atom is -0.480 e. The van der Waals surface area contributed by atoms with Gasteiger partial charge in [-0.05, 0) is 31.5 Å². The first kappa shape index (κ1) is 22.6. The van der Waals surface area contributed by atoms with Crippen LogP contribution in [0.2, 0.25) is 5.02 Å². The predicted molar refractivity (Wildman–Crippen MR) is 122 cm³/mol. The van der Waals surface area contributed by atoms with Gasteiger partial charge in [0.05, 0.1) is 30.0 Å². The summed E-state index contributed by atoms with van der Waals surface area (Å²) in [6.07, 6.45) is 0. The Morgan fingerprint density at radius 3 is 2.52 bits per heavy atom. The van der Waals surface area contributed by atoms with E-state index in [9.17, 15) is 14.4 Å². The molecular weight excluding hydrogens is 446 g/mol. The van der Waals surface area contributed by atoms with Crippen LogP contribution in [0, 0.1) is 0 Å². The van der Waals surface area contributed by atoms with Crippen molar-refractivity contribution in [1.82, 2.24) is 5.32 Å². The van der Waals surface area contributed by atoms with Crippen LogP contribution in [0.15, 0.2) is 59.3 Å². The van der Waals surface area contributed by atoms with Gasteiger partial charge in [0.2, 0.25) is 0 Å². The number of halogens is 1. The zero-order valence-electron chi connectivity index (χ0n) is 18.4. The molecule has 1 atom stereocenters. The van der Waals surface area contributed by atoms with E-state index in [0.29, 0.717) is 33.7 Å². The molecule has 4 rings (SSSR count). The van der Waals surface area contributed by atoms with E-state index in [0.717, 1.165) is 5.56 Å². The maximum Gasteiger partial charge on any atom is 0.344 e. The first-order valence-corrected chi connectivity index (χ1v) is 10.8. The summed E-state index contributed by atoms with van der Waals surface area (Å²) >= 11 is 6.45. The summed E-state index contributed by atoms with van der Waals surface area (Å²) in [5.41, 5.74) is 4.02. The van der Waals surface area contributed by atoms with Crippen LogP contribution >= 0.6 is 11.6 Å². The van der Waals surface area contributed by atoms with Crippen LogP contribution in [-0.2, 0) is 19.1 Å². The van der Waals surface area contributed by atoms with Gasteiger partial charge in [-0.25, -0.2) is 9.59 Å². The Morgan fingerprint density at radius 1 is 1.12 bits per heavy atom. The largest absolute Gasteiger partial charge is 0.480 e. The van der Waals surface area contributed by atoms with Crippen molar-refractivity contribution in [3.05, 3.63) is 81.0 Å². The van der Waals surface area contributed by atoms with E-state index in [1.807, 2.05) is 12.1 Å². The molecular formula is C25H22ClNO6. The summed E-state index contributed by atoms with van der Waals surface area (Å²) in [5, 5.41) is 3.47. The fourth-order valence-corrected chi connectivity index (χ4v) is 4.44. The number of Topliss-reactive ketones (excluding diaryl/α,β-unsaturated/α-hetero) is 1. The van der Waals surface area contributed by atoms with Crippen LogP contribution in [0.4, 0.5) is 0 Å². The van der Waals surface area contributed by atoms with Crippen molar-refractivity contribution in [3.63, 3.8) is 0 Å². The van der Waals surface area contributed by atoms with Crippen molar-refractivity contribution in [2.75, 3.05) is 20.3 Å². The van der Waals surface area contributed by atoms with Crippen LogP contribution in [-0.4, -0.2) is 38.0 Å². The number of hydrogen-bond acceptors (Lipinski definition) is 7. The van der Waals surface area contributed by atoms with Gasteiger partial charge in [0.1, 0.15) is 5.75 Å². The molecule has 1 heterocycles. The summed E-state index contributed by atoms with van der Waals surface area (Å²) in [7, 11) is 1.30. The molecule has 0 unspecified atom stereocenters. The van der Waals surface area contributed by atoms with Crippen molar-refractivity contribution in [1.29, 1.82) is 0 Å². The molecule has 2 aliphatic rings. The number of methoxy groups -OCH3 is 1. The second kappa shape index (κ2) is 9.11. The number of benzene rings is 2. The Balaban J connectivity index is 1.77. The summed E-state index contributed by atoms with van der Waals surface area (Å²) in [6, 6.07) is 12.3. The molecule has 7 nitrogen and oxygen atoms in total. The van der Waals surface area contributed by atoms with Gasteiger partial charge in [-0.1, -0.05) is 41.9 Å². The summed E-state index contributed by atoms with van der Waals surface area (Å²) in [6.45, 7) is 3.45. The van der Waals surface area contributed by atoms with Crippen molar-refractivity contribution in [2.45, 2.75) is 19.8 Å². The Morgan fingerprint density at radius 2 is 1.85 bits per heavy atom. The lowest BCUT2D eigenvalue weighted by Crippen LogP contribution is -2.29. The van der Waals surface area contributed by atoms with Crippen LogP contribution in [0.5, 0.6) is 5.75 Å². The number of rotatable bonds is 6. The molecule has 170 valence electrons. The molecule has 0 spiro atoms. The molecule has 0 saturated carbocycles. The molecule has 1 aliphatic heterocycles. The van der Waals surface area contributed by atoms with Crippen molar-refractivity contribution >= 4 is 35.0 Å². The van der Waals surface area contributed by atoms with Gasteiger partial charge in [-0.15, -0.1) is 0 Å². The summed E-state index contributed by atoms with van der Waals surface area (Å²) in [4.78, 5) is 37.7. The minimum absolute atomic E-state index is 0.161. The highest BCUT2D eigenvalue weighted by atomic mass is 35.5. The number of nitrogens with one attached hydrogen (secondary N) is 1. The SMILES string of the molecule is CCOC(=O)COc1ccc([C@@H]2C(C(=O)OC)=C(C)NC3=C2C(=O)c2ccccc23)cc1Cl. The lowest BCUT2D eigenvalue weighted by atomic mass is 9.80. The second-order valence-electron chi connectivity index (χ2n) is 7.54. The molecule has 33 heavy (non-hydrogen) atoms. The molecule has 0 bridgehead atoms. The van der Waals surface area contributed by atoms with Crippen LogP contribution in [0.1, 0.15) is 41.3 Å². The highest BCUT2D eigenvalue weighted by Gasteiger charge is 2.42. The maximum atomic E-state index is 13.4. The number of allylic oxidation sites excluding steroid dienone is 2. The number of carbonyl (C=O) groups excluding carboxylic acids is 3. The van der Waals surface area contributed by atoms with Gasteiger partial charge in [-0.3, -0.25) is 4.79 Å². The van der Waals surface area contributed by atoms with Gasteiger partial charge in [0, 0.05) is 28.3 Å². The van der Waals surface area contributed by atoms with Crippen LogP contribution in [0.25, 0.3) is 5.70 Å². The van der Waals surface area contributed by atoms with Gasteiger partial charge in [0.25, 0.3) is 0 Å². The lowest BCUT2D eigenvalue weighted by molar-refractivity contribution is -0.145. The Labute approximate surface area is 196 Å². The highest BCUT2D eigenvalue weighted by molar-refractivity contribution is 6.32. The van der Waals surface area contributed by atoms with Crippen molar-refractivity contribution in [3.8, 4) is 5.75 Å². The Hall–Kier alpha value is -3.58. The van der Waals surface area contributed by atoms with Gasteiger partial charge < -0.3 is 19.5 Å². The van der Waals surface area contributed by atoms with E-state index in [2.05, 4.69) is 5.32 Å². The maximum absolute atomic E-state index is 13.4. The second-order valence-corrected chi connectivity index (χ2v) is 7.94. The van der Waals surface area contributed by atoms with E-state index >= 15 is 0 Å². The monoisotopic (exact) mass is 467 g/mol. The number of ether oxygens (including phenoxy) is 3. The highest BCUT2D eigenvalue weighted by Crippen LogP contribution is 2.47. The molecule has 0 aromatic heterocycles. The fraction of sp³-hybridized carbons (Fsp3) is 0.240. The molecule has 1 aliphatic carbocycles. The molecule has 2 aromatic carbocycles. The zero-order chi connectivity index (χ0) is 23.7.